The minimum absolute atomic E-state index is 0.0916. The maximum absolute atomic E-state index is 11.2. The molecule has 4 N–H and O–H groups in total. The number of halogens is 1. The molecule has 20 heavy (non-hydrogen) atoms. The Morgan fingerprint density at radius 3 is 2.90 bits per heavy atom. The van der Waals surface area contributed by atoms with Crippen LogP contribution in [0, 0.1) is 5.92 Å². The molecular weight excluding hydrogens is 280 g/mol. The lowest BCUT2D eigenvalue weighted by Crippen LogP contribution is -2.11. The number of nitrogen functional groups attached to an aromatic ring is 1. The fourth-order valence-electron chi connectivity index (χ4n) is 1.90. The summed E-state index contributed by atoms with van der Waals surface area (Å²) < 4.78 is 5.51. The molecular formula is C14H19ClN2O3. The van der Waals surface area contributed by atoms with Crippen molar-refractivity contribution in [1.29, 1.82) is 0 Å². The zero-order valence-corrected chi connectivity index (χ0v) is 11.9. The number of aromatic carboxylic acids is 1. The molecule has 0 aromatic heterocycles. The van der Waals surface area contributed by atoms with Gasteiger partial charge in [-0.3, -0.25) is 0 Å². The molecule has 0 heterocycles. The summed E-state index contributed by atoms with van der Waals surface area (Å²) in [5, 5.41) is 12.5. The lowest BCUT2D eigenvalue weighted by atomic mass is 10.1. The van der Waals surface area contributed by atoms with Crippen molar-refractivity contribution in [3.63, 3.8) is 0 Å². The van der Waals surface area contributed by atoms with Crippen LogP contribution in [-0.2, 0) is 4.74 Å². The summed E-state index contributed by atoms with van der Waals surface area (Å²) in [6.45, 7) is 2.11. The highest BCUT2D eigenvalue weighted by molar-refractivity contribution is 6.34. The maximum atomic E-state index is 11.2. The van der Waals surface area contributed by atoms with Gasteiger partial charge < -0.3 is 20.9 Å². The van der Waals surface area contributed by atoms with E-state index in [-0.39, 0.29) is 5.56 Å². The van der Waals surface area contributed by atoms with E-state index in [4.69, 9.17) is 27.2 Å². The number of benzene rings is 1. The first-order chi connectivity index (χ1) is 9.58. The molecule has 1 aliphatic rings. The number of carboxylic acid groups (broad SMARTS) is 1. The number of anilines is 2. The minimum atomic E-state index is -1.05. The second-order valence-corrected chi connectivity index (χ2v) is 5.44. The SMILES string of the molecule is Nc1cc(Cl)c(NCCCOCC2CC2)c(C(=O)O)c1. The molecule has 1 saturated carbocycles. The van der Waals surface area contributed by atoms with Crippen LogP contribution < -0.4 is 11.1 Å². The average Bonchev–Trinajstić information content (AvgIpc) is 3.18. The predicted molar refractivity (Wildman–Crippen MR) is 79.5 cm³/mol. The molecule has 6 heteroatoms. The Balaban J connectivity index is 1.82. The van der Waals surface area contributed by atoms with Gasteiger partial charge in [0.15, 0.2) is 0 Å². The Labute approximate surface area is 123 Å². The number of carbonyl (C=O) groups is 1. The maximum Gasteiger partial charge on any atom is 0.337 e. The third kappa shape index (κ3) is 4.28. The third-order valence-corrected chi connectivity index (χ3v) is 3.46. The topological polar surface area (TPSA) is 84.6 Å². The van der Waals surface area contributed by atoms with Gasteiger partial charge in [-0.15, -0.1) is 0 Å². The smallest absolute Gasteiger partial charge is 0.337 e. The zero-order valence-electron chi connectivity index (χ0n) is 11.2. The van der Waals surface area contributed by atoms with Crippen LogP contribution >= 0.6 is 11.6 Å². The molecule has 0 bridgehead atoms. The van der Waals surface area contributed by atoms with Crippen molar-refractivity contribution >= 4 is 28.9 Å². The molecule has 0 unspecified atom stereocenters. The molecule has 0 aliphatic heterocycles. The number of ether oxygens (including phenoxy) is 1. The van der Waals surface area contributed by atoms with E-state index in [1.54, 1.807) is 6.07 Å². The standard InChI is InChI=1S/C14H19ClN2O3/c15-12-7-10(16)6-11(14(18)19)13(12)17-4-1-5-20-8-9-2-3-9/h6-7,9,17H,1-5,8,16H2,(H,18,19). The molecule has 0 saturated heterocycles. The van der Waals surface area contributed by atoms with Crippen molar-refractivity contribution in [1.82, 2.24) is 0 Å². The van der Waals surface area contributed by atoms with E-state index in [9.17, 15) is 4.79 Å². The highest BCUT2D eigenvalue weighted by atomic mass is 35.5. The summed E-state index contributed by atoms with van der Waals surface area (Å²) in [6.07, 6.45) is 3.36. The van der Waals surface area contributed by atoms with E-state index in [0.717, 1.165) is 18.9 Å². The second-order valence-electron chi connectivity index (χ2n) is 5.03. The summed E-state index contributed by atoms with van der Waals surface area (Å²) in [6, 6.07) is 2.94. The fourth-order valence-corrected chi connectivity index (χ4v) is 2.19. The molecule has 1 aromatic rings. The third-order valence-electron chi connectivity index (χ3n) is 3.16. The number of hydrogen-bond donors (Lipinski definition) is 3. The van der Waals surface area contributed by atoms with Gasteiger partial charge in [0, 0.05) is 25.4 Å². The van der Waals surface area contributed by atoms with Gasteiger partial charge in [0.1, 0.15) is 0 Å². The van der Waals surface area contributed by atoms with E-state index in [1.165, 1.54) is 18.9 Å². The first-order valence-electron chi connectivity index (χ1n) is 6.72. The highest BCUT2D eigenvalue weighted by Crippen LogP contribution is 2.30. The first-order valence-corrected chi connectivity index (χ1v) is 7.09. The Kier molecular flexibility index (Phi) is 5.09. The largest absolute Gasteiger partial charge is 0.478 e. The Morgan fingerprint density at radius 2 is 2.25 bits per heavy atom. The van der Waals surface area contributed by atoms with Crippen LogP contribution in [0.15, 0.2) is 12.1 Å². The van der Waals surface area contributed by atoms with Crippen LogP contribution in [0.2, 0.25) is 5.02 Å². The molecule has 2 rings (SSSR count). The molecule has 0 atom stereocenters. The van der Waals surface area contributed by atoms with Crippen LogP contribution in [0.3, 0.4) is 0 Å². The summed E-state index contributed by atoms with van der Waals surface area (Å²) in [4.78, 5) is 11.2. The Bertz CT molecular complexity index is 490. The van der Waals surface area contributed by atoms with Crippen molar-refractivity contribution < 1.29 is 14.6 Å². The Hall–Kier alpha value is -1.46. The lowest BCUT2D eigenvalue weighted by Gasteiger charge is -2.12. The normalized spacial score (nSPS) is 14.2. The van der Waals surface area contributed by atoms with Crippen LogP contribution in [0.5, 0.6) is 0 Å². The number of hydrogen-bond acceptors (Lipinski definition) is 4. The average molecular weight is 299 g/mol. The van der Waals surface area contributed by atoms with Gasteiger partial charge in [-0.05, 0) is 37.3 Å². The van der Waals surface area contributed by atoms with Gasteiger partial charge in [0.05, 0.1) is 16.3 Å². The van der Waals surface area contributed by atoms with Gasteiger partial charge in [-0.25, -0.2) is 4.79 Å². The van der Waals surface area contributed by atoms with Crippen LogP contribution in [0.4, 0.5) is 11.4 Å². The molecule has 0 spiro atoms. The first kappa shape index (κ1) is 14.9. The van der Waals surface area contributed by atoms with Crippen molar-refractivity contribution in [2.45, 2.75) is 19.3 Å². The van der Waals surface area contributed by atoms with E-state index < -0.39 is 5.97 Å². The molecule has 0 radical (unpaired) electrons. The van der Waals surface area contributed by atoms with Gasteiger partial charge in [-0.1, -0.05) is 11.6 Å². The van der Waals surface area contributed by atoms with Crippen LogP contribution in [-0.4, -0.2) is 30.8 Å². The van der Waals surface area contributed by atoms with Crippen molar-refractivity contribution in [2.75, 3.05) is 30.8 Å². The van der Waals surface area contributed by atoms with Crippen molar-refractivity contribution in [2.24, 2.45) is 5.92 Å². The fraction of sp³-hybridized carbons (Fsp3) is 0.500. The lowest BCUT2D eigenvalue weighted by molar-refractivity contribution is 0.0698. The van der Waals surface area contributed by atoms with Crippen molar-refractivity contribution in [3.8, 4) is 0 Å². The van der Waals surface area contributed by atoms with Gasteiger partial charge in [0.2, 0.25) is 0 Å². The molecule has 110 valence electrons. The second kappa shape index (κ2) is 6.81. The predicted octanol–water partition coefficient (Wildman–Crippen LogP) is 2.85. The van der Waals surface area contributed by atoms with Gasteiger partial charge in [-0.2, -0.15) is 0 Å². The van der Waals surface area contributed by atoms with Crippen LogP contribution in [0.1, 0.15) is 29.6 Å². The van der Waals surface area contributed by atoms with E-state index in [0.29, 0.717) is 29.5 Å². The molecule has 1 aliphatic carbocycles. The van der Waals surface area contributed by atoms with Crippen molar-refractivity contribution in [3.05, 3.63) is 22.7 Å². The number of carboxylic acids is 1. The molecule has 1 aromatic carbocycles. The highest BCUT2D eigenvalue weighted by Gasteiger charge is 2.20. The summed E-state index contributed by atoms with van der Waals surface area (Å²) >= 11 is 6.03. The quantitative estimate of drug-likeness (QED) is 0.507. The summed E-state index contributed by atoms with van der Waals surface area (Å²) in [7, 11) is 0. The molecule has 5 nitrogen and oxygen atoms in total. The summed E-state index contributed by atoms with van der Waals surface area (Å²) in [5.74, 6) is -0.292. The Morgan fingerprint density at radius 1 is 1.50 bits per heavy atom. The number of nitrogens with two attached hydrogens (primary N) is 1. The van der Waals surface area contributed by atoms with Gasteiger partial charge >= 0.3 is 5.97 Å². The number of nitrogens with one attached hydrogen (secondary N) is 1. The number of rotatable bonds is 8. The minimum Gasteiger partial charge on any atom is -0.478 e. The molecule has 1 fully saturated rings. The zero-order chi connectivity index (χ0) is 14.5. The monoisotopic (exact) mass is 298 g/mol. The van der Waals surface area contributed by atoms with E-state index >= 15 is 0 Å². The summed E-state index contributed by atoms with van der Waals surface area (Å²) in [5.41, 5.74) is 6.44. The molecule has 0 amide bonds. The van der Waals surface area contributed by atoms with E-state index in [1.807, 2.05) is 0 Å². The van der Waals surface area contributed by atoms with E-state index in [2.05, 4.69) is 5.32 Å². The van der Waals surface area contributed by atoms with Gasteiger partial charge in [0.25, 0.3) is 0 Å². The van der Waals surface area contributed by atoms with Crippen LogP contribution in [0.25, 0.3) is 0 Å².